The zero-order valence-corrected chi connectivity index (χ0v) is 12.3. The SMILES string of the molecule is O=C(CCNC1CSc2ccccc21)N1CCOCC1. The number of carbonyl (C=O) groups excluding carboxylic acids is 1. The molecule has 108 valence electrons. The zero-order valence-electron chi connectivity index (χ0n) is 11.5. The number of rotatable bonds is 4. The Hall–Kier alpha value is -1.04. The Morgan fingerprint density at radius 2 is 2.15 bits per heavy atom. The molecule has 0 bridgehead atoms. The fourth-order valence-electron chi connectivity index (χ4n) is 2.66. The zero-order chi connectivity index (χ0) is 13.8. The number of ether oxygens (including phenoxy) is 1. The van der Waals surface area contributed by atoms with E-state index in [1.807, 2.05) is 16.7 Å². The molecule has 0 aliphatic carbocycles. The quantitative estimate of drug-likeness (QED) is 0.916. The van der Waals surface area contributed by atoms with Crippen molar-refractivity contribution >= 4 is 17.7 Å². The molecule has 1 fully saturated rings. The highest BCUT2D eigenvalue weighted by Gasteiger charge is 2.22. The molecule has 20 heavy (non-hydrogen) atoms. The van der Waals surface area contributed by atoms with Gasteiger partial charge in [-0.3, -0.25) is 4.79 Å². The van der Waals surface area contributed by atoms with Crippen molar-refractivity contribution in [2.24, 2.45) is 0 Å². The summed E-state index contributed by atoms with van der Waals surface area (Å²) in [6, 6.07) is 8.89. The molecule has 1 aromatic carbocycles. The van der Waals surface area contributed by atoms with Crippen LogP contribution in [-0.4, -0.2) is 49.4 Å². The second-order valence-electron chi connectivity index (χ2n) is 5.10. The first-order valence-corrected chi connectivity index (χ1v) is 8.14. The van der Waals surface area contributed by atoms with E-state index in [1.54, 1.807) is 0 Å². The third-order valence-corrected chi connectivity index (χ3v) is 4.98. The standard InChI is InChI=1S/C15H20N2O2S/c18-15(17-7-9-19-10-8-17)5-6-16-13-11-20-14-4-2-1-3-12(13)14/h1-4,13,16H,5-11H2. The smallest absolute Gasteiger partial charge is 0.224 e. The van der Waals surface area contributed by atoms with Crippen molar-refractivity contribution in [3.63, 3.8) is 0 Å². The Bertz CT molecular complexity index is 475. The van der Waals surface area contributed by atoms with Crippen LogP contribution in [0, 0.1) is 0 Å². The summed E-state index contributed by atoms with van der Waals surface area (Å²) in [5.41, 5.74) is 1.37. The summed E-state index contributed by atoms with van der Waals surface area (Å²) in [5, 5.41) is 3.51. The van der Waals surface area contributed by atoms with Gasteiger partial charge in [-0.2, -0.15) is 0 Å². The second-order valence-corrected chi connectivity index (χ2v) is 6.16. The van der Waals surface area contributed by atoms with Gasteiger partial charge in [-0.1, -0.05) is 18.2 Å². The van der Waals surface area contributed by atoms with E-state index in [9.17, 15) is 4.79 Å². The average molecular weight is 292 g/mol. The maximum atomic E-state index is 12.0. The molecule has 0 radical (unpaired) electrons. The molecule has 2 aliphatic rings. The molecule has 1 saturated heterocycles. The Labute approximate surface area is 123 Å². The van der Waals surface area contributed by atoms with Crippen molar-refractivity contribution in [2.75, 3.05) is 38.6 Å². The highest BCUT2D eigenvalue weighted by molar-refractivity contribution is 7.99. The van der Waals surface area contributed by atoms with Crippen molar-refractivity contribution in [2.45, 2.75) is 17.4 Å². The number of nitrogens with one attached hydrogen (secondary N) is 1. The number of hydrogen-bond acceptors (Lipinski definition) is 4. The number of thioether (sulfide) groups is 1. The van der Waals surface area contributed by atoms with Gasteiger partial charge in [0.05, 0.1) is 13.2 Å². The van der Waals surface area contributed by atoms with E-state index >= 15 is 0 Å². The number of hydrogen-bond donors (Lipinski definition) is 1. The highest BCUT2D eigenvalue weighted by atomic mass is 32.2. The fourth-order valence-corrected chi connectivity index (χ4v) is 3.85. The Balaban J connectivity index is 1.45. The van der Waals surface area contributed by atoms with E-state index in [-0.39, 0.29) is 5.91 Å². The molecule has 2 aliphatic heterocycles. The molecule has 0 spiro atoms. The normalized spacial score (nSPS) is 21.8. The van der Waals surface area contributed by atoms with E-state index < -0.39 is 0 Å². The minimum Gasteiger partial charge on any atom is -0.378 e. The summed E-state index contributed by atoms with van der Waals surface area (Å²) in [4.78, 5) is 15.3. The average Bonchev–Trinajstić information content (AvgIpc) is 2.92. The van der Waals surface area contributed by atoms with Crippen LogP contribution in [0.25, 0.3) is 0 Å². The number of carbonyl (C=O) groups is 1. The lowest BCUT2D eigenvalue weighted by molar-refractivity contribution is -0.135. The van der Waals surface area contributed by atoms with Gasteiger partial charge in [0.1, 0.15) is 0 Å². The monoisotopic (exact) mass is 292 g/mol. The molecule has 2 heterocycles. The third kappa shape index (κ3) is 3.16. The molecule has 0 saturated carbocycles. The summed E-state index contributed by atoms with van der Waals surface area (Å²) in [7, 11) is 0. The van der Waals surface area contributed by atoms with Crippen LogP contribution in [0.1, 0.15) is 18.0 Å². The lowest BCUT2D eigenvalue weighted by Gasteiger charge is -2.27. The third-order valence-electron chi connectivity index (χ3n) is 3.79. The maximum Gasteiger partial charge on any atom is 0.224 e. The van der Waals surface area contributed by atoms with Gasteiger partial charge in [-0.05, 0) is 11.6 Å². The van der Waals surface area contributed by atoms with Crippen molar-refractivity contribution in [1.82, 2.24) is 10.2 Å². The van der Waals surface area contributed by atoms with Crippen LogP contribution in [0.5, 0.6) is 0 Å². The first-order chi connectivity index (χ1) is 9.84. The molecular formula is C15H20N2O2S. The van der Waals surface area contributed by atoms with Gasteiger partial charge in [0.2, 0.25) is 5.91 Å². The van der Waals surface area contributed by atoms with E-state index in [1.165, 1.54) is 10.5 Å². The van der Waals surface area contributed by atoms with E-state index in [2.05, 4.69) is 29.6 Å². The summed E-state index contributed by atoms with van der Waals surface area (Å²) in [5.74, 6) is 1.30. The number of morpholine rings is 1. The van der Waals surface area contributed by atoms with E-state index in [4.69, 9.17) is 4.74 Å². The Kier molecular flexibility index (Phi) is 4.60. The van der Waals surface area contributed by atoms with Crippen molar-refractivity contribution < 1.29 is 9.53 Å². The largest absolute Gasteiger partial charge is 0.378 e. The Morgan fingerprint density at radius 1 is 1.35 bits per heavy atom. The van der Waals surface area contributed by atoms with Gasteiger partial charge < -0.3 is 15.0 Å². The van der Waals surface area contributed by atoms with E-state index in [0.717, 1.165) is 25.4 Å². The highest BCUT2D eigenvalue weighted by Crippen LogP contribution is 2.37. The molecule has 0 aromatic heterocycles. The molecule has 1 amide bonds. The van der Waals surface area contributed by atoms with Gasteiger partial charge in [-0.15, -0.1) is 11.8 Å². The number of fused-ring (bicyclic) bond motifs is 1. The molecular weight excluding hydrogens is 272 g/mol. The summed E-state index contributed by atoms with van der Waals surface area (Å²) < 4.78 is 5.26. The molecule has 5 heteroatoms. The lowest BCUT2D eigenvalue weighted by Crippen LogP contribution is -2.41. The van der Waals surface area contributed by atoms with Crippen LogP contribution < -0.4 is 5.32 Å². The van der Waals surface area contributed by atoms with Gasteiger partial charge in [-0.25, -0.2) is 0 Å². The van der Waals surface area contributed by atoms with Crippen LogP contribution in [0.15, 0.2) is 29.2 Å². The molecule has 3 rings (SSSR count). The van der Waals surface area contributed by atoms with Crippen LogP contribution in [-0.2, 0) is 9.53 Å². The minimum absolute atomic E-state index is 0.236. The molecule has 1 N–H and O–H groups in total. The molecule has 1 atom stereocenters. The maximum absolute atomic E-state index is 12.0. The molecule has 4 nitrogen and oxygen atoms in total. The van der Waals surface area contributed by atoms with Crippen molar-refractivity contribution in [3.05, 3.63) is 29.8 Å². The topological polar surface area (TPSA) is 41.6 Å². The predicted molar refractivity (Wildman–Crippen MR) is 79.9 cm³/mol. The van der Waals surface area contributed by atoms with Gasteiger partial charge >= 0.3 is 0 Å². The summed E-state index contributed by atoms with van der Waals surface area (Å²) in [6.07, 6.45) is 0.573. The fraction of sp³-hybridized carbons (Fsp3) is 0.533. The van der Waals surface area contributed by atoms with Crippen LogP contribution in [0.3, 0.4) is 0 Å². The molecule has 1 unspecified atom stereocenters. The molecule has 1 aromatic rings. The first-order valence-electron chi connectivity index (χ1n) is 7.15. The van der Waals surface area contributed by atoms with Crippen molar-refractivity contribution in [3.8, 4) is 0 Å². The summed E-state index contributed by atoms with van der Waals surface area (Å²) >= 11 is 1.89. The number of amides is 1. The van der Waals surface area contributed by atoms with Crippen LogP contribution >= 0.6 is 11.8 Å². The minimum atomic E-state index is 0.236. The van der Waals surface area contributed by atoms with Gasteiger partial charge in [0, 0.05) is 42.7 Å². The first kappa shape index (κ1) is 13.9. The number of benzene rings is 1. The lowest BCUT2D eigenvalue weighted by atomic mass is 10.1. The van der Waals surface area contributed by atoms with Gasteiger partial charge in [0.25, 0.3) is 0 Å². The summed E-state index contributed by atoms with van der Waals surface area (Å²) in [6.45, 7) is 3.56. The second kappa shape index (κ2) is 6.61. The van der Waals surface area contributed by atoms with Crippen LogP contribution in [0.2, 0.25) is 0 Å². The van der Waals surface area contributed by atoms with Crippen molar-refractivity contribution in [1.29, 1.82) is 0 Å². The van der Waals surface area contributed by atoms with Gasteiger partial charge in [0.15, 0.2) is 0 Å². The Morgan fingerprint density at radius 3 is 3.00 bits per heavy atom. The predicted octanol–water partition coefficient (Wildman–Crippen LogP) is 1.67. The van der Waals surface area contributed by atoms with Crippen LogP contribution in [0.4, 0.5) is 0 Å². The van der Waals surface area contributed by atoms with E-state index in [0.29, 0.717) is 25.7 Å². The number of nitrogens with zero attached hydrogens (tertiary/aromatic N) is 1.